The van der Waals surface area contributed by atoms with Gasteiger partial charge in [0.15, 0.2) is 0 Å². The first-order valence-corrected chi connectivity index (χ1v) is 8.78. The average Bonchev–Trinajstić information content (AvgIpc) is 2.98. The molecule has 0 radical (unpaired) electrons. The van der Waals surface area contributed by atoms with Crippen molar-refractivity contribution in [2.75, 3.05) is 11.9 Å². The molecule has 6 nitrogen and oxygen atoms in total. The molecule has 0 aliphatic carbocycles. The largest absolute Gasteiger partial charge is 0.354 e. The molecule has 0 spiro atoms. The lowest BCUT2D eigenvalue weighted by Gasteiger charge is -2.29. The lowest BCUT2D eigenvalue weighted by atomic mass is 9.94. The lowest BCUT2D eigenvalue weighted by Crippen LogP contribution is -2.55. The molecule has 7 heteroatoms. The number of hydrogen-bond donors (Lipinski definition) is 3. The van der Waals surface area contributed by atoms with E-state index >= 15 is 0 Å². The van der Waals surface area contributed by atoms with Crippen LogP contribution in [0.3, 0.4) is 0 Å². The van der Waals surface area contributed by atoms with Crippen molar-refractivity contribution in [1.82, 2.24) is 15.6 Å². The highest BCUT2D eigenvalue weighted by atomic mass is 32.1. The van der Waals surface area contributed by atoms with E-state index < -0.39 is 12.1 Å². The molecular formula is C17H20N4O2S. The van der Waals surface area contributed by atoms with Gasteiger partial charge in [-0.15, -0.1) is 11.3 Å². The van der Waals surface area contributed by atoms with Gasteiger partial charge in [0.05, 0.1) is 11.4 Å². The molecule has 0 saturated carbocycles. The van der Waals surface area contributed by atoms with E-state index in [9.17, 15) is 9.59 Å². The molecule has 126 valence electrons. The Morgan fingerprint density at radius 3 is 3.00 bits per heavy atom. The van der Waals surface area contributed by atoms with Gasteiger partial charge in [0, 0.05) is 28.6 Å². The number of nitrogens with zero attached hydrogens (tertiary/aromatic N) is 1. The van der Waals surface area contributed by atoms with E-state index in [1.807, 2.05) is 25.3 Å². The maximum absolute atomic E-state index is 12.3. The lowest BCUT2D eigenvalue weighted by molar-refractivity contribution is -0.125. The highest BCUT2D eigenvalue weighted by Crippen LogP contribution is 2.29. The number of pyridine rings is 1. The van der Waals surface area contributed by atoms with Gasteiger partial charge in [-0.2, -0.15) is 0 Å². The van der Waals surface area contributed by atoms with Gasteiger partial charge < -0.3 is 16.0 Å². The standard InChI is InChI=1S/C17H20N4O2S/c1-10-5-7-19-16(22)14(10)21-17(23)20-13-4-3-6-18-15(13)12-8-11(2)24-9-12/h3-4,6,8-10,14H,5,7H2,1-2H3,(H,19,22)(H2,20,21,23)/t10-,14-/m1/s1. The third kappa shape index (κ3) is 3.56. The van der Waals surface area contributed by atoms with Crippen molar-refractivity contribution < 1.29 is 9.59 Å². The Kier molecular flexibility index (Phi) is 4.80. The van der Waals surface area contributed by atoms with E-state index in [2.05, 4.69) is 20.9 Å². The Hall–Kier alpha value is -2.41. The molecule has 2 aromatic heterocycles. The second-order valence-electron chi connectivity index (χ2n) is 5.98. The summed E-state index contributed by atoms with van der Waals surface area (Å²) in [6.07, 6.45) is 2.55. The van der Waals surface area contributed by atoms with Crippen LogP contribution in [-0.2, 0) is 4.79 Å². The third-order valence-corrected chi connectivity index (χ3v) is 4.96. The van der Waals surface area contributed by atoms with E-state index in [-0.39, 0.29) is 11.8 Å². The minimum absolute atomic E-state index is 0.109. The number of hydrogen-bond acceptors (Lipinski definition) is 4. The fraction of sp³-hybridized carbons (Fsp3) is 0.353. The van der Waals surface area contributed by atoms with Crippen molar-refractivity contribution in [3.05, 3.63) is 34.7 Å². The van der Waals surface area contributed by atoms with Crippen molar-refractivity contribution >= 4 is 29.0 Å². The smallest absolute Gasteiger partial charge is 0.319 e. The zero-order valence-corrected chi connectivity index (χ0v) is 14.4. The average molecular weight is 344 g/mol. The van der Waals surface area contributed by atoms with Crippen molar-refractivity contribution in [2.45, 2.75) is 26.3 Å². The fourth-order valence-corrected chi connectivity index (χ4v) is 3.46. The number of urea groups is 1. The fourth-order valence-electron chi connectivity index (χ4n) is 2.77. The Bertz CT molecular complexity index is 759. The minimum atomic E-state index is -0.512. The summed E-state index contributed by atoms with van der Waals surface area (Å²) in [6, 6.07) is 4.70. The van der Waals surface area contributed by atoms with Gasteiger partial charge in [-0.05, 0) is 37.5 Å². The molecule has 0 bridgehead atoms. The number of thiophene rings is 1. The van der Waals surface area contributed by atoms with Crippen LogP contribution in [0.15, 0.2) is 29.8 Å². The second-order valence-corrected chi connectivity index (χ2v) is 7.09. The zero-order valence-electron chi connectivity index (χ0n) is 13.6. The van der Waals surface area contributed by atoms with Crippen LogP contribution in [0.1, 0.15) is 18.2 Å². The number of aromatic nitrogens is 1. The van der Waals surface area contributed by atoms with Gasteiger partial charge in [0.1, 0.15) is 6.04 Å². The van der Waals surface area contributed by atoms with Crippen molar-refractivity contribution in [2.24, 2.45) is 5.92 Å². The molecule has 24 heavy (non-hydrogen) atoms. The number of nitrogens with one attached hydrogen (secondary N) is 3. The second kappa shape index (κ2) is 7.00. The van der Waals surface area contributed by atoms with Gasteiger partial charge >= 0.3 is 6.03 Å². The Labute approximate surface area is 144 Å². The number of piperidine rings is 1. The van der Waals surface area contributed by atoms with Gasteiger partial charge in [0.25, 0.3) is 0 Å². The Balaban J connectivity index is 1.74. The summed E-state index contributed by atoms with van der Waals surface area (Å²) < 4.78 is 0. The maximum Gasteiger partial charge on any atom is 0.319 e. The maximum atomic E-state index is 12.3. The van der Waals surface area contributed by atoms with Gasteiger partial charge in [-0.3, -0.25) is 9.78 Å². The van der Waals surface area contributed by atoms with Crippen LogP contribution < -0.4 is 16.0 Å². The van der Waals surface area contributed by atoms with Crippen LogP contribution in [0.25, 0.3) is 11.3 Å². The van der Waals surface area contributed by atoms with Crippen LogP contribution in [-0.4, -0.2) is 29.5 Å². The number of aryl methyl sites for hydroxylation is 1. The summed E-state index contributed by atoms with van der Waals surface area (Å²) in [5.74, 6) is -0.0267. The first-order chi connectivity index (χ1) is 11.5. The topological polar surface area (TPSA) is 83.1 Å². The third-order valence-electron chi connectivity index (χ3n) is 4.10. The zero-order chi connectivity index (χ0) is 17.1. The van der Waals surface area contributed by atoms with Crippen molar-refractivity contribution in [3.8, 4) is 11.3 Å². The predicted molar refractivity (Wildman–Crippen MR) is 95.0 cm³/mol. The number of rotatable bonds is 3. The number of carbonyl (C=O) groups is 2. The number of amides is 3. The summed E-state index contributed by atoms with van der Waals surface area (Å²) in [6.45, 7) is 4.65. The van der Waals surface area contributed by atoms with E-state index in [4.69, 9.17) is 0 Å². The molecule has 2 aromatic rings. The van der Waals surface area contributed by atoms with E-state index in [0.717, 1.165) is 17.7 Å². The summed E-state index contributed by atoms with van der Waals surface area (Å²) in [5, 5.41) is 10.4. The van der Waals surface area contributed by atoms with Crippen LogP contribution in [0.2, 0.25) is 0 Å². The molecule has 1 aliphatic heterocycles. The normalized spacial score (nSPS) is 20.3. The van der Waals surface area contributed by atoms with Gasteiger partial charge in [0.2, 0.25) is 5.91 Å². The predicted octanol–water partition coefficient (Wildman–Crippen LogP) is 2.76. The molecular weight excluding hydrogens is 324 g/mol. The quantitative estimate of drug-likeness (QED) is 0.800. The van der Waals surface area contributed by atoms with Crippen LogP contribution >= 0.6 is 11.3 Å². The molecule has 3 amide bonds. The monoisotopic (exact) mass is 344 g/mol. The van der Waals surface area contributed by atoms with Crippen molar-refractivity contribution in [1.29, 1.82) is 0 Å². The molecule has 3 heterocycles. The highest BCUT2D eigenvalue weighted by Gasteiger charge is 2.30. The molecule has 1 aliphatic rings. The molecule has 1 fully saturated rings. The van der Waals surface area contributed by atoms with E-state index in [1.54, 1.807) is 29.7 Å². The SMILES string of the molecule is Cc1cc(-c2ncccc2NC(=O)N[C@H]2C(=O)NCC[C@H]2C)cs1. The molecule has 3 N–H and O–H groups in total. The molecule has 1 saturated heterocycles. The molecule has 0 unspecified atom stereocenters. The van der Waals surface area contributed by atoms with Crippen LogP contribution in [0, 0.1) is 12.8 Å². The molecule has 2 atom stereocenters. The van der Waals surface area contributed by atoms with Crippen LogP contribution in [0.4, 0.5) is 10.5 Å². The first-order valence-electron chi connectivity index (χ1n) is 7.90. The van der Waals surface area contributed by atoms with Gasteiger partial charge in [-0.25, -0.2) is 4.79 Å². The Morgan fingerprint density at radius 1 is 1.46 bits per heavy atom. The molecule has 0 aromatic carbocycles. The summed E-state index contributed by atoms with van der Waals surface area (Å²) in [4.78, 5) is 29.8. The Morgan fingerprint density at radius 2 is 2.29 bits per heavy atom. The summed E-state index contributed by atoms with van der Waals surface area (Å²) in [7, 11) is 0. The van der Waals surface area contributed by atoms with Gasteiger partial charge in [-0.1, -0.05) is 6.92 Å². The van der Waals surface area contributed by atoms with E-state index in [1.165, 1.54) is 4.88 Å². The molecule has 3 rings (SSSR count). The summed E-state index contributed by atoms with van der Waals surface area (Å²) in [5.41, 5.74) is 2.31. The minimum Gasteiger partial charge on any atom is -0.354 e. The van der Waals surface area contributed by atoms with Crippen LogP contribution in [0.5, 0.6) is 0 Å². The first kappa shape index (κ1) is 16.4. The number of anilines is 1. The van der Waals surface area contributed by atoms with Crippen molar-refractivity contribution in [3.63, 3.8) is 0 Å². The van der Waals surface area contributed by atoms with E-state index in [0.29, 0.717) is 12.2 Å². The summed E-state index contributed by atoms with van der Waals surface area (Å²) >= 11 is 1.63. The number of carbonyl (C=O) groups excluding carboxylic acids is 2. The highest BCUT2D eigenvalue weighted by molar-refractivity contribution is 7.10.